The topological polar surface area (TPSA) is 152 Å². The average Bonchev–Trinajstić information content (AvgIpc) is 3.30. The van der Waals surface area contributed by atoms with E-state index in [2.05, 4.69) is 21.3 Å². The van der Waals surface area contributed by atoms with Crippen molar-refractivity contribution in [1.29, 1.82) is 0 Å². The summed E-state index contributed by atoms with van der Waals surface area (Å²) in [7, 11) is 0. The normalized spacial score (nSPS) is 22.5. The van der Waals surface area contributed by atoms with Gasteiger partial charge in [0.1, 0.15) is 17.7 Å². The van der Waals surface area contributed by atoms with E-state index in [4.69, 9.17) is 4.74 Å². The molecule has 0 spiro atoms. The van der Waals surface area contributed by atoms with E-state index in [0.717, 1.165) is 0 Å². The summed E-state index contributed by atoms with van der Waals surface area (Å²) in [6, 6.07) is -2.43. The Labute approximate surface area is 251 Å². The van der Waals surface area contributed by atoms with Crippen LogP contribution in [-0.2, 0) is 14.3 Å². The molecule has 0 aromatic carbocycles. The third-order valence-corrected chi connectivity index (χ3v) is 7.52. The van der Waals surface area contributed by atoms with Crippen LogP contribution in [0.3, 0.4) is 0 Å². The number of carbonyl (C=O) groups is 4. The fourth-order valence-electron chi connectivity index (χ4n) is 5.83. The number of likely N-dealkylation sites (tertiary alicyclic amines) is 1. The van der Waals surface area contributed by atoms with Crippen LogP contribution in [0.1, 0.15) is 101 Å². The Bertz CT molecular complexity index is 987. The molecular weight excluding hydrogens is 540 g/mol. The number of hydrogen-bond acceptors (Lipinski definition) is 7. The SMILES string of the molecule is CC(C)C[C@@H](/C=C/NC(=O)N1CCC[C@H]1C(=O)N[C@H](C)C(=O)NC1CC(C)(C)N(O)C(C)(C)C1)NC(=O)OC(C)(C)C. The molecule has 2 heterocycles. The number of rotatable bonds is 9. The number of carbonyl (C=O) groups excluding carboxylic acids is 4. The summed E-state index contributed by atoms with van der Waals surface area (Å²) in [6.45, 7) is 19.2. The van der Waals surface area contributed by atoms with Crippen LogP contribution in [0.4, 0.5) is 9.59 Å². The van der Waals surface area contributed by atoms with Gasteiger partial charge < -0.3 is 36.1 Å². The molecule has 2 saturated heterocycles. The van der Waals surface area contributed by atoms with Gasteiger partial charge in [-0.2, -0.15) is 5.06 Å². The van der Waals surface area contributed by atoms with Gasteiger partial charge in [-0.3, -0.25) is 9.59 Å². The number of alkyl carbamates (subject to hydrolysis) is 1. The number of hydrogen-bond donors (Lipinski definition) is 5. The first kappa shape index (κ1) is 35.3. The van der Waals surface area contributed by atoms with E-state index in [-0.39, 0.29) is 29.8 Å². The lowest BCUT2D eigenvalue weighted by Crippen LogP contribution is -2.64. The first-order valence-electron chi connectivity index (χ1n) is 15.0. The molecular formula is C30H54N6O6. The van der Waals surface area contributed by atoms with Crippen LogP contribution in [0.5, 0.6) is 0 Å². The van der Waals surface area contributed by atoms with Crippen molar-refractivity contribution in [3.8, 4) is 0 Å². The van der Waals surface area contributed by atoms with Crippen LogP contribution in [0.15, 0.2) is 12.3 Å². The largest absolute Gasteiger partial charge is 0.444 e. The zero-order valence-corrected chi connectivity index (χ0v) is 27.2. The number of nitrogens with one attached hydrogen (secondary N) is 4. The molecule has 12 heteroatoms. The van der Waals surface area contributed by atoms with Crippen molar-refractivity contribution in [3.05, 3.63) is 12.3 Å². The van der Waals surface area contributed by atoms with E-state index >= 15 is 0 Å². The molecule has 0 unspecified atom stereocenters. The van der Waals surface area contributed by atoms with Gasteiger partial charge in [-0.15, -0.1) is 0 Å². The molecule has 12 nitrogen and oxygen atoms in total. The molecule has 2 aliphatic rings. The van der Waals surface area contributed by atoms with E-state index in [1.54, 1.807) is 33.8 Å². The Morgan fingerprint density at radius 1 is 1.02 bits per heavy atom. The Kier molecular flexibility index (Phi) is 11.8. The Morgan fingerprint density at radius 2 is 1.62 bits per heavy atom. The molecule has 0 aliphatic carbocycles. The summed E-state index contributed by atoms with van der Waals surface area (Å²) in [5, 5.41) is 23.2. The van der Waals surface area contributed by atoms with Gasteiger partial charge in [0.15, 0.2) is 0 Å². The van der Waals surface area contributed by atoms with Gasteiger partial charge in [0.05, 0.1) is 6.04 Å². The fraction of sp³-hybridized carbons (Fsp3) is 0.800. The minimum Gasteiger partial charge on any atom is -0.444 e. The van der Waals surface area contributed by atoms with E-state index in [9.17, 15) is 24.4 Å². The predicted octanol–water partition coefficient (Wildman–Crippen LogP) is 3.65. The molecule has 0 aromatic heterocycles. The van der Waals surface area contributed by atoms with Gasteiger partial charge in [-0.05, 0) is 99.5 Å². The molecule has 5 amide bonds. The van der Waals surface area contributed by atoms with Crippen molar-refractivity contribution in [1.82, 2.24) is 31.2 Å². The lowest BCUT2D eigenvalue weighted by atomic mass is 9.79. The monoisotopic (exact) mass is 594 g/mol. The summed E-state index contributed by atoms with van der Waals surface area (Å²) in [6.07, 6.45) is 5.57. The van der Waals surface area contributed by atoms with Crippen LogP contribution in [0, 0.1) is 5.92 Å². The van der Waals surface area contributed by atoms with Crippen LogP contribution in [0.25, 0.3) is 0 Å². The molecule has 0 bridgehead atoms. The summed E-state index contributed by atoms with van der Waals surface area (Å²) in [5.74, 6) is -0.405. The number of ether oxygens (including phenoxy) is 1. The van der Waals surface area contributed by atoms with E-state index in [1.807, 2.05) is 41.5 Å². The van der Waals surface area contributed by atoms with Gasteiger partial charge >= 0.3 is 12.1 Å². The van der Waals surface area contributed by atoms with Crippen molar-refractivity contribution < 1.29 is 29.1 Å². The predicted molar refractivity (Wildman–Crippen MR) is 161 cm³/mol. The van der Waals surface area contributed by atoms with Crippen LogP contribution in [0.2, 0.25) is 0 Å². The van der Waals surface area contributed by atoms with E-state index in [1.165, 1.54) is 16.2 Å². The van der Waals surface area contributed by atoms with Crippen molar-refractivity contribution in [3.63, 3.8) is 0 Å². The Hall–Kier alpha value is -2.86. The van der Waals surface area contributed by atoms with Crippen molar-refractivity contribution in [2.75, 3.05) is 6.54 Å². The Balaban J connectivity index is 1.94. The quantitative estimate of drug-likeness (QED) is 0.273. The summed E-state index contributed by atoms with van der Waals surface area (Å²) < 4.78 is 5.35. The van der Waals surface area contributed by atoms with Crippen molar-refractivity contribution >= 4 is 23.9 Å². The molecule has 5 N–H and O–H groups in total. The molecule has 3 atom stereocenters. The number of nitrogens with zero attached hydrogens (tertiary/aromatic N) is 2. The summed E-state index contributed by atoms with van der Waals surface area (Å²) in [4.78, 5) is 52.8. The molecule has 2 fully saturated rings. The first-order chi connectivity index (χ1) is 19.2. The standard InChI is InChI=1S/C30H54N6O6/c1-19(2)16-21(34-27(40)42-28(4,5)6)13-14-31-26(39)35-15-11-12-23(35)25(38)32-20(3)24(37)33-22-17-29(7,8)36(41)30(9,10)18-22/h13-14,19-23,41H,11-12,15-18H2,1-10H3,(H,31,39)(H,32,38)(H,33,37)(H,34,40)/b14-13+/t20-,21-,23+/m1/s1. The van der Waals surface area contributed by atoms with Crippen molar-refractivity contribution in [2.24, 2.45) is 5.92 Å². The molecule has 2 aliphatic heterocycles. The second-order valence-corrected chi connectivity index (χ2v) is 14.3. The van der Waals surface area contributed by atoms with Gasteiger partial charge in [-0.1, -0.05) is 13.8 Å². The second kappa shape index (κ2) is 14.1. The minimum absolute atomic E-state index is 0.157. The van der Waals surface area contributed by atoms with Gasteiger partial charge in [0.25, 0.3) is 0 Å². The van der Waals surface area contributed by atoms with Gasteiger partial charge in [-0.25, -0.2) is 9.59 Å². The molecule has 42 heavy (non-hydrogen) atoms. The van der Waals surface area contributed by atoms with E-state index in [0.29, 0.717) is 38.6 Å². The van der Waals surface area contributed by atoms with Crippen LogP contribution in [-0.4, -0.2) is 86.5 Å². The Morgan fingerprint density at radius 3 is 2.17 bits per heavy atom. The minimum atomic E-state index is -0.794. The zero-order chi connectivity index (χ0) is 32.0. The highest BCUT2D eigenvalue weighted by molar-refractivity contribution is 5.92. The van der Waals surface area contributed by atoms with Crippen LogP contribution < -0.4 is 21.3 Å². The number of urea groups is 1. The van der Waals surface area contributed by atoms with Crippen LogP contribution >= 0.6 is 0 Å². The summed E-state index contributed by atoms with van der Waals surface area (Å²) >= 11 is 0. The average molecular weight is 595 g/mol. The lowest BCUT2D eigenvalue weighted by Gasteiger charge is -2.51. The van der Waals surface area contributed by atoms with Gasteiger partial charge in [0.2, 0.25) is 11.8 Å². The highest BCUT2D eigenvalue weighted by atomic mass is 16.6. The highest BCUT2D eigenvalue weighted by Crippen LogP contribution is 2.36. The van der Waals surface area contributed by atoms with Crippen molar-refractivity contribution in [2.45, 2.75) is 142 Å². The number of amides is 5. The molecule has 0 saturated carbocycles. The van der Waals surface area contributed by atoms with E-state index < -0.39 is 40.9 Å². The molecule has 0 radical (unpaired) electrons. The fourth-order valence-corrected chi connectivity index (χ4v) is 5.83. The third kappa shape index (κ3) is 10.4. The smallest absolute Gasteiger partial charge is 0.408 e. The highest BCUT2D eigenvalue weighted by Gasteiger charge is 2.45. The molecule has 0 aromatic rings. The first-order valence-corrected chi connectivity index (χ1v) is 15.0. The maximum absolute atomic E-state index is 13.1. The number of hydroxylamine groups is 2. The summed E-state index contributed by atoms with van der Waals surface area (Å²) in [5.41, 5.74) is -1.66. The molecule has 2 rings (SSSR count). The van der Waals surface area contributed by atoms with Gasteiger partial charge in [0, 0.05) is 29.9 Å². The zero-order valence-electron chi connectivity index (χ0n) is 27.2. The third-order valence-electron chi connectivity index (χ3n) is 7.52. The number of piperidine rings is 1. The maximum atomic E-state index is 13.1. The molecule has 240 valence electrons. The second-order valence-electron chi connectivity index (χ2n) is 14.3. The lowest BCUT2D eigenvalue weighted by molar-refractivity contribution is -0.246. The maximum Gasteiger partial charge on any atom is 0.408 e.